The van der Waals surface area contributed by atoms with Gasteiger partial charge in [-0.3, -0.25) is 0 Å². The Bertz CT molecular complexity index is 1340. The summed E-state index contributed by atoms with van der Waals surface area (Å²) in [5, 5.41) is 10.1. The van der Waals surface area contributed by atoms with Crippen molar-refractivity contribution in [3.63, 3.8) is 0 Å². The van der Waals surface area contributed by atoms with Crippen LogP contribution in [-0.4, -0.2) is 55.2 Å². The summed E-state index contributed by atoms with van der Waals surface area (Å²) in [5.74, 6) is -0.390. The maximum atomic E-state index is 14.1. The van der Waals surface area contributed by atoms with Gasteiger partial charge in [-0.15, -0.1) is 0 Å². The number of sulfone groups is 1. The van der Waals surface area contributed by atoms with Crippen LogP contribution in [0.4, 0.5) is 17.6 Å². The van der Waals surface area contributed by atoms with Crippen LogP contribution >= 0.6 is 0 Å². The van der Waals surface area contributed by atoms with Crippen LogP contribution in [0.25, 0.3) is 11.1 Å². The highest BCUT2D eigenvalue weighted by atomic mass is 32.2. The number of hydrogen-bond acceptors (Lipinski definition) is 4. The van der Waals surface area contributed by atoms with Gasteiger partial charge in [-0.25, -0.2) is 12.8 Å². The fourth-order valence-corrected chi connectivity index (χ4v) is 8.15. The fourth-order valence-electron chi connectivity index (χ4n) is 6.75. The van der Waals surface area contributed by atoms with E-state index in [1.807, 2.05) is 18.2 Å². The fraction of sp³-hybridized carbons (Fsp3) is 0.588. The molecule has 0 unspecified atom stereocenters. The molecule has 0 bridgehead atoms. The zero-order chi connectivity index (χ0) is 30.9. The quantitative estimate of drug-likeness (QED) is 0.159. The molecule has 0 spiro atoms. The zero-order valence-corrected chi connectivity index (χ0v) is 25.8. The van der Waals surface area contributed by atoms with Crippen molar-refractivity contribution < 1.29 is 31.1 Å². The third-order valence-electron chi connectivity index (χ3n) is 8.85. The van der Waals surface area contributed by atoms with Crippen LogP contribution in [0.15, 0.2) is 42.5 Å². The molecule has 238 valence electrons. The summed E-state index contributed by atoms with van der Waals surface area (Å²) >= 11 is 0. The second kappa shape index (κ2) is 15.6. The summed E-state index contributed by atoms with van der Waals surface area (Å²) in [6.07, 6.45) is 5.52. The molecule has 4 rings (SSSR count). The molecule has 1 saturated heterocycles. The Labute approximate surface area is 254 Å². The van der Waals surface area contributed by atoms with Crippen molar-refractivity contribution in [2.24, 2.45) is 0 Å². The molecule has 4 nitrogen and oxygen atoms in total. The molecule has 0 radical (unpaired) electrons. The summed E-state index contributed by atoms with van der Waals surface area (Å²) < 4.78 is 75.5. The predicted octanol–water partition coefficient (Wildman–Crippen LogP) is 8.73. The first kappa shape index (κ1) is 33.5. The van der Waals surface area contributed by atoms with Crippen LogP contribution in [0.5, 0.6) is 5.75 Å². The van der Waals surface area contributed by atoms with E-state index in [4.69, 9.17) is 0 Å². The minimum Gasteiger partial charge on any atom is -0.508 e. The van der Waals surface area contributed by atoms with Crippen molar-refractivity contribution in [2.45, 2.75) is 102 Å². The van der Waals surface area contributed by atoms with Gasteiger partial charge in [0.05, 0.1) is 11.5 Å². The molecule has 43 heavy (non-hydrogen) atoms. The van der Waals surface area contributed by atoms with Gasteiger partial charge >= 0.3 is 6.18 Å². The molecule has 1 heterocycles. The number of fused-ring (bicyclic) bond motifs is 1. The van der Waals surface area contributed by atoms with E-state index in [1.54, 1.807) is 18.2 Å². The number of benzene rings is 2. The lowest BCUT2D eigenvalue weighted by molar-refractivity contribution is -0.134. The Morgan fingerprint density at radius 3 is 2.49 bits per heavy atom. The predicted molar refractivity (Wildman–Crippen MR) is 165 cm³/mol. The second-order valence-corrected chi connectivity index (χ2v) is 14.5. The van der Waals surface area contributed by atoms with Crippen LogP contribution in [0, 0.1) is 5.82 Å². The maximum Gasteiger partial charge on any atom is 0.389 e. The highest BCUT2D eigenvalue weighted by Gasteiger charge is 2.28. The summed E-state index contributed by atoms with van der Waals surface area (Å²) in [5.41, 5.74) is 5.70. The Balaban J connectivity index is 1.24. The van der Waals surface area contributed by atoms with Gasteiger partial charge in [0.1, 0.15) is 21.4 Å². The Hall–Kier alpha value is -2.39. The third-order valence-corrected chi connectivity index (χ3v) is 10.7. The van der Waals surface area contributed by atoms with Crippen molar-refractivity contribution in [1.82, 2.24) is 4.90 Å². The topological polar surface area (TPSA) is 57.6 Å². The van der Waals surface area contributed by atoms with Gasteiger partial charge in [-0.1, -0.05) is 31.0 Å². The molecule has 2 aliphatic rings. The highest BCUT2D eigenvalue weighted by Crippen LogP contribution is 2.40. The summed E-state index contributed by atoms with van der Waals surface area (Å²) in [6, 6.07) is 12.8. The van der Waals surface area contributed by atoms with E-state index in [-0.39, 0.29) is 23.7 Å². The monoisotopic (exact) mass is 623 g/mol. The number of halogens is 4. The van der Waals surface area contributed by atoms with Gasteiger partial charge in [-0.2, -0.15) is 13.2 Å². The molecular formula is C34H45F4NO3S. The molecular weight excluding hydrogens is 578 g/mol. The van der Waals surface area contributed by atoms with Crippen LogP contribution in [0.3, 0.4) is 0 Å². The van der Waals surface area contributed by atoms with Gasteiger partial charge in [0.25, 0.3) is 0 Å². The van der Waals surface area contributed by atoms with E-state index in [2.05, 4.69) is 4.90 Å². The molecule has 1 atom stereocenters. The summed E-state index contributed by atoms with van der Waals surface area (Å²) in [6.45, 7) is 1.98. The number of rotatable bonds is 15. The smallest absolute Gasteiger partial charge is 0.389 e. The summed E-state index contributed by atoms with van der Waals surface area (Å²) in [4.78, 5) is 2.45. The van der Waals surface area contributed by atoms with E-state index in [0.717, 1.165) is 100 Å². The van der Waals surface area contributed by atoms with Crippen molar-refractivity contribution >= 4 is 21.0 Å². The number of likely N-dealkylation sites (tertiary alicyclic amines) is 1. The van der Waals surface area contributed by atoms with Gasteiger partial charge < -0.3 is 10.0 Å². The largest absolute Gasteiger partial charge is 0.508 e. The SMILES string of the molecule is O=S(=O)(CCC[C@H]1CCCN1CCCCCCC1=C(c2cccc(F)c2)CCCc2cc(O)ccc21)CCCC(F)(F)F. The van der Waals surface area contributed by atoms with Crippen molar-refractivity contribution in [2.75, 3.05) is 24.6 Å². The lowest BCUT2D eigenvalue weighted by Gasteiger charge is -2.24. The number of alkyl halides is 3. The number of nitrogens with zero attached hydrogens (tertiary/aromatic N) is 1. The van der Waals surface area contributed by atoms with Gasteiger partial charge in [0, 0.05) is 12.5 Å². The zero-order valence-electron chi connectivity index (χ0n) is 25.0. The lowest BCUT2D eigenvalue weighted by Crippen LogP contribution is -2.30. The maximum absolute atomic E-state index is 14.1. The minimum atomic E-state index is -4.31. The Morgan fingerprint density at radius 2 is 1.70 bits per heavy atom. The normalized spacial score (nSPS) is 18.2. The number of phenols is 1. The van der Waals surface area contributed by atoms with E-state index in [0.29, 0.717) is 12.5 Å². The molecule has 2 aromatic rings. The van der Waals surface area contributed by atoms with E-state index in [9.17, 15) is 31.1 Å². The lowest BCUT2D eigenvalue weighted by atomic mass is 9.89. The first-order valence-corrected chi connectivity index (χ1v) is 17.6. The van der Waals surface area contributed by atoms with Crippen LogP contribution in [0.2, 0.25) is 0 Å². The van der Waals surface area contributed by atoms with E-state index >= 15 is 0 Å². The van der Waals surface area contributed by atoms with Crippen LogP contribution in [0.1, 0.15) is 100 Å². The molecule has 2 aromatic carbocycles. The molecule has 1 aliphatic carbocycles. The van der Waals surface area contributed by atoms with Gasteiger partial charge in [0.15, 0.2) is 0 Å². The standard InChI is InChI=1S/C34H45F4NO3S/c35-28-12-5-10-26(24-28)31-16-6-11-27-25-30(40)17-18-32(27)33(31)15-3-1-2-4-20-39-21-7-13-29(39)14-8-22-43(41,42)23-9-19-34(36,37)38/h5,10,12,17-18,24-25,29,40H,1-4,6-9,11,13-16,19-23H2/t29-/m1/s1. The van der Waals surface area contributed by atoms with E-state index in [1.165, 1.54) is 17.2 Å². The third kappa shape index (κ3) is 10.6. The number of aryl methyl sites for hydroxylation is 1. The van der Waals surface area contributed by atoms with Crippen LogP contribution < -0.4 is 0 Å². The Kier molecular flexibility index (Phi) is 12.1. The van der Waals surface area contributed by atoms with Crippen molar-refractivity contribution in [3.05, 3.63) is 65.0 Å². The number of phenolic OH excluding ortho intramolecular Hbond substituents is 1. The van der Waals surface area contributed by atoms with Crippen LogP contribution in [-0.2, 0) is 16.3 Å². The molecule has 9 heteroatoms. The average Bonchev–Trinajstić information content (AvgIpc) is 3.29. The molecule has 0 saturated carbocycles. The molecule has 0 amide bonds. The average molecular weight is 624 g/mol. The molecule has 1 fully saturated rings. The van der Waals surface area contributed by atoms with Gasteiger partial charge in [-0.05, 0) is 136 Å². The second-order valence-electron chi connectivity index (χ2n) is 12.2. The number of hydrogen-bond donors (Lipinski definition) is 1. The van der Waals surface area contributed by atoms with Gasteiger partial charge in [0.2, 0.25) is 0 Å². The van der Waals surface area contributed by atoms with Crippen molar-refractivity contribution in [1.29, 1.82) is 0 Å². The number of unbranched alkanes of at least 4 members (excludes halogenated alkanes) is 3. The first-order valence-electron chi connectivity index (χ1n) is 15.8. The minimum absolute atomic E-state index is 0.0363. The van der Waals surface area contributed by atoms with Crippen molar-refractivity contribution in [3.8, 4) is 5.75 Å². The first-order chi connectivity index (χ1) is 20.5. The van der Waals surface area contributed by atoms with E-state index < -0.39 is 28.2 Å². The molecule has 1 N–H and O–H groups in total. The summed E-state index contributed by atoms with van der Waals surface area (Å²) in [7, 11) is -3.45. The molecule has 0 aromatic heterocycles. The Morgan fingerprint density at radius 1 is 0.907 bits per heavy atom. The number of aromatic hydroxyl groups is 1. The molecule has 1 aliphatic heterocycles. The number of allylic oxidation sites excluding steroid dienone is 2. The highest BCUT2D eigenvalue weighted by molar-refractivity contribution is 7.91.